The Morgan fingerprint density at radius 2 is 1.61 bits per heavy atom. The van der Waals surface area contributed by atoms with Crippen LogP contribution in [0.2, 0.25) is 0 Å². The van der Waals surface area contributed by atoms with Crippen LogP contribution < -0.4 is 16.0 Å². The number of nitrogens with two attached hydrogens (primary N) is 1. The summed E-state index contributed by atoms with van der Waals surface area (Å²) in [5, 5.41) is 0. The number of halogens is 4. The predicted octanol–water partition coefficient (Wildman–Crippen LogP) is 6.59. The van der Waals surface area contributed by atoms with E-state index in [-0.39, 0.29) is 35.4 Å². The largest absolute Gasteiger partial charge is 0.494 e. The fourth-order valence-electron chi connectivity index (χ4n) is 4.84. The van der Waals surface area contributed by atoms with Gasteiger partial charge >= 0.3 is 6.18 Å². The Bertz CT molecular complexity index is 1510. The first-order chi connectivity index (χ1) is 18.0. The Labute approximate surface area is 218 Å². The summed E-state index contributed by atoms with van der Waals surface area (Å²) < 4.78 is 63.4. The van der Waals surface area contributed by atoms with Gasteiger partial charge in [0.25, 0.3) is 5.56 Å². The normalized spacial score (nSPS) is 12.4. The van der Waals surface area contributed by atoms with Gasteiger partial charge in [-0.25, -0.2) is 4.39 Å². The van der Waals surface area contributed by atoms with Crippen molar-refractivity contribution in [2.75, 3.05) is 7.11 Å². The molecule has 38 heavy (non-hydrogen) atoms. The Morgan fingerprint density at radius 1 is 0.947 bits per heavy atom. The van der Waals surface area contributed by atoms with E-state index in [1.54, 1.807) is 26.0 Å². The van der Waals surface area contributed by atoms with Gasteiger partial charge < -0.3 is 15.0 Å². The Balaban J connectivity index is 1.96. The van der Waals surface area contributed by atoms with E-state index in [0.717, 1.165) is 11.6 Å². The number of hydrogen-bond acceptors (Lipinski definition) is 3. The minimum absolute atomic E-state index is 0.0132. The van der Waals surface area contributed by atoms with Crippen LogP contribution in [-0.4, -0.2) is 11.7 Å². The number of ether oxygens (including phenoxy) is 1. The Hall–Kier alpha value is -3.91. The molecule has 1 unspecified atom stereocenters. The highest BCUT2D eigenvalue weighted by atomic mass is 19.4. The molecule has 0 amide bonds. The topological polar surface area (TPSA) is 57.2 Å². The zero-order chi connectivity index (χ0) is 27.6. The summed E-state index contributed by atoms with van der Waals surface area (Å²) in [6.07, 6.45) is -4.66. The molecule has 0 aliphatic rings. The monoisotopic (exact) mass is 524 g/mol. The van der Waals surface area contributed by atoms with Crippen molar-refractivity contribution in [2.24, 2.45) is 5.73 Å². The van der Waals surface area contributed by atoms with Crippen LogP contribution in [0.1, 0.15) is 39.6 Å². The lowest BCUT2D eigenvalue weighted by atomic mass is 9.90. The van der Waals surface area contributed by atoms with Crippen molar-refractivity contribution >= 4 is 0 Å². The Morgan fingerprint density at radius 3 is 2.26 bits per heavy atom. The number of pyridine rings is 1. The molecule has 0 bridgehead atoms. The number of methoxy groups -OCH3 is 1. The third-order valence-corrected chi connectivity index (χ3v) is 6.88. The molecule has 0 radical (unpaired) electrons. The van der Waals surface area contributed by atoms with Gasteiger partial charge in [0.2, 0.25) is 0 Å². The number of rotatable bonds is 7. The molecule has 1 atom stereocenters. The molecular weight excluding hydrogens is 496 g/mol. The summed E-state index contributed by atoms with van der Waals surface area (Å²) in [7, 11) is 1.32. The van der Waals surface area contributed by atoms with Gasteiger partial charge in [-0.3, -0.25) is 4.79 Å². The zero-order valence-corrected chi connectivity index (χ0v) is 21.3. The number of benzene rings is 3. The highest BCUT2D eigenvalue weighted by Crippen LogP contribution is 2.36. The molecule has 0 aliphatic heterocycles. The number of aromatic nitrogens is 1. The van der Waals surface area contributed by atoms with Gasteiger partial charge in [-0.2, -0.15) is 13.2 Å². The van der Waals surface area contributed by atoms with E-state index in [2.05, 4.69) is 0 Å². The molecule has 2 N–H and O–H groups in total. The van der Waals surface area contributed by atoms with Crippen molar-refractivity contribution in [1.82, 2.24) is 4.57 Å². The maximum atomic E-state index is 15.4. The number of alkyl halides is 3. The molecule has 3 aromatic carbocycles. The first-order valence-electron chi connectivity index (χ1n) is 12.1. The van der Waals surface area contributed by atoms with Gasteiger partial charge in [0, 0.05) is 30.3 Å². The van der Waals surface area contributed by atoms with Gasteiger partial charge in [0.05, 0.1) is 18.2 Å². The van der Waals surface area contributed by atoms with Crippen LogP contribution in [0.5, 0.6) is 5.75 Å². The summed E-state index contributed by atoms with van der Waals surface area (Å²) in [4.78, 5) is 13.9. The molecule has 0 spiro atoms. The summed E-state index contributed by atoms with van der Waals surface area (Å²) in [5.74, 6) is -0.766. The second-order valence-electron chi connectivity index (χ2n) is 9.15. The summed E-state index contributed by atoms with van der Waals surface area (Å²) in [6.45, 7) is 3.38. The predicted molar refractivity (Wildman–Crippen MR) is 140 cm³/mol. The van der Waals surface area contributed by atoms with E-state index in [1.807, 2.05) is 30.3 Å². The summed E-state index contributed by atoms with van der Waals surface area (Å²) in [5.41, 5.74) is 7.51. The lowest BCUT2D eigenvalue weighted by Crippen LogP contribution is -2.31. The first-order valence-corrected chi connectivity index (χ1v) is 12.1. The quantitative estimate of drug-likeness (QED) is 0.278. The van der Waals surface area contributed by atoms with E-state index in [1.165, 1.54) is 35.9 Å². The van der Waals surface area contributed by atoms with E-state index in [0.29, 0.717) is 16.8 Å². The molecule has 4 nitrogen and oxygen atoms in total. The molecule has 4 aromatic rings. The van der Waals surface area contributed by atoms with Crippen molar-refractivity contribution in [2.45, 2.75) is 39.0 Å². The molecule has 0 aliphatic carbocycles. The average molecular weight is 525 g/mol. The minimum Gasteiger partial charge on any atom is -0.494 e. The molecule has 198 valence electrons. The fraction of sp³-hybridized carbons (Fsp3) is 0.233. The zero-order valence-electron chi connectivity index (χ0n) is 21.3. The van der Waals surface area contributed by atoms with Crippen LogP contribution in [-0.2, 0) is 19.1 Å². The number of nitrogens with zero attached hydrogens (tertiary/aromatic N) is 1. The van der Waals surface area contributed by atoms with Crippen molar-refractivity contribution in [3.63, 3.8) is 0 Å². The van der Waals surface area contributed by atoms with Crippen LogP contribution in [0.4, 0.5) is 17.6 Å². The van der Waals surface area contributed by atoms with Gasteiger partial charge in [-0.05, 0) is 48.2 Å². The molecular formula is C30H28F4N2O2. The van der Waals surface area contributed by atoms with Crippen molar-refractivity contribution in [1.29, 1.82) is 0 Å². The van der Waals surface area contributed by atoms with E-state index < -0.39 is 29.2 Å². The van der Waals surface area contributed by atoms with Gasteiger partial charge in [0.1, 0.15) is 0 Å². The molecule has 0 fully saturated rings. The highest BCUT2D eigenvalue weighted by Gasteiger charge is 2.33. The SMILES string of the molecule is COc1cccc(-c2c(C)c(Cc3ccccc3C(F)(F)F)c(C)n(CC(N)c3ccccc3)c2=O)c1F. The van der Waals surface area contributed by atoms with Crippen LogP contribution in [0.25, 0.3) is 11.1 Å². The van der Waals surface area contributed by atoms with Crippen LogP contribution in [0, 0.1) is 19.7 Å². The minimum atomic E-state index is -4.55. The first kappa shape index (κ1) is 27.1. The van der Waals surface area contributed by atoms with Crippen LogP contribution in [0.3, 0.4) is 0 Å². The second kappa shape index (κ2) is 10.8. The summed E-state index contributed by atoms with van der Waals surface area (Å²) >= 11 is 0. The molecule has 4 rings (SSSR count). The molecule has 8 heteroatoms. The van der Waals surface area contributed by atoms with E-state index >= 15 is 4.39 Å². The lowest BCUT2D eigenvalue weighted by Gasteiger charge is -2.24. The second-order valence-corrected chi connectivity index (χ2v) is 9.15. The average Bonchev–Trinajstić information content (AvgIpc) is 2.90. The van der Waals surface area contributed by atoms with Crippen molar-refractivity contribution < 1.29 is 22.3 Å². The van der Waals surface area contributed by atoms with Gasteiger partial charge in [-0.1, -0.05) is 60.7 Å². The van der Waals surface area contributed by atoms with Crippen molar-refractivity contribution in [3.8, 4) is 16.9 Å². The van der Waals surface area contributed by atoms with E-state index in [4.69, 9.17) is 10.5 Å². The lowest BCUT2D eigenvalue weighted by molar-refractivity contribution is -0.138. The smallest absolute Gasteiger partial charge is 0.416 e. The maximum absolute atomic E-state index is 15.4. The molecule has 1 aromatic heterocycles. The Kier molecular flexibility index (Phi) is 7.73. The number of hydrogen-bond donors (Lipinski definition) is 1. The highest BCUT2D eigenvalue weighted by molar-refractivity contribution is 5.70. The van der Waals surface area contributed by atoms with E-state index in [9.17, 15) is 18.0 Å². The summed E-state index contributed by atoms with van der Waals surface area (Å²) in [6, 6.07) is 18.4. The molecule has 0 saturated carbocycles. The van der Waals surface area contributed by atoms with Gasteiger partial charge in [-0.15, -0.1) is 0 Å². The standard InChI is InChI=1S/C30H28F4N2O2/c1-18-23(16-21-12-7-8-14-24(21)30(32,33)34)19(2)36(17-25(35)20-10-5-4-6-11-20)29(37)27(18)22-13-9-15-26(38-3)28(22)31/h4-15,25H,16-17,35H2,1-3H3. The van der Waals surface area contributed by atoms with Crippen molar-refractivity contribution in [3.05, 3.63) is 122 Å². The third kappa shape index (κ3) is 5.22. The molecule has 0 saturated heterocycles. The fourth-order valence-corrected chi connectivity index (χ4v) is 4.84. The maximum Gasteiger partial charge on any atom is 0.416 e. The molecule has 1 heterocycles. The van der Waals surface area contributed by atoms with Gasteiger partial charge in [0.15, 0.2) is 11.6 Å². The third-order valence-electron chi connectivity index (χ3n) is 6.88. The van der Waals surface area contributed by atoms with Crippen LogP contribution >= 0.6 is 0 Å². The van der Waals surface area contributed by atoms with Crippen LogP contribution in [0.15, 0.2) is 77.6 Å².